The number of hydrogen-bond acceptors (Lipinski definition) is 0. The molecule has 0 aliphatic carbocycles. The van der Waals surface area contributed by atoms with E-state index in [2.05, 4.69) is 28.6 Å². The third-order valence-corrected chi connectivity index (χ3v) is 0. The molecular weight excluding hydrogens is 1330 g/mol. The molecule has 109 heavy (non-hydrogen) atoms. The zero-order valence-corrected chi connectivity index (χ0v) is 4.31. The van der Waals surface area contributed by atoms with Crippen LogP contribution in [0.15, 0.2) is 13.2 Å². The van der Waals surface area contributed by atoms with Crippen LogP contribution in [0.4, 0.5) is 13.9 Å². The molecule has 0 heterocycles. The van der Waals surface area contributed by atoms with Crippen LogP contribution >= 0.6 is 0 Å². The van der Waals surface area contributed by atoms with E-state index < -0.39 is 0 Å². The highest BCUT2D eigenvalue weighted by Crippen LogP contribution is 1.42. The van der Waals surface area contributed by atoms with Crippen LogP contribution in [0.2, 0.25) is 0 Å². The van der Waals surface area contributed by atoms with Gasteiger partial charge in [0.2, 0.25) is 0 Å². The van der Waals surface area contributed by atoms with Gasteiger partial charge in [-0.1, -0.05) is 750 Å². The molecule has 0 nitrogen and oxygen atoms in total. The van der Waals surface area contributed by atoms with Crippen molar-refractivity contribution in [3.63, 3.8) is 0 Å². The minimum absolute atomic E-state index is 0. The van der Waals surface area contributed by atoms with Crippen molar-refractivity contribution in [1.29, 1.82) is 0 Å². The second kappa shape index (κ2) is 16200000. The summed E-state index contributed by atoms with van der Waals surface area (Å²) in [5.41, 5.74) is 0. The standard InChI is InChI=1S/C2H4.101CH4.B2.B.F2.FH.4H2/c1-2;;;;;;;;;;;;;;;;;;;;;;;;;;;;;;;;;;;;;;;;;;;;;;;;;;;;;;;;;;;;;;;;;;;;;;;;;;;;;;;;;;;;;;;;;;;;;;;;;;;;;;1-2;;1-2;;;;;/h1-2H2;101*1H4;;;;5*1H/i;;;;;;;;;;;;;;;;;;;;;;;;;;;;;;;;;;;;;;;;;;;;;;;;;;;;;;;;;;;;;;;;;;;;;;;;;;;;;;;;;;;;;;;;;;;;;;;;;;;;;;;;;;1+1D;1+1;;. The van der Waals surface area contributed by atoms with Crippen molar-refractivity contribution in [2.24, 2.45) is 0 Å². The van der Waals surface area contributed by atoms with Crippen LogP contribution in [0.5, 0.6) is 0 Å². The molecule has 0 aromatic rings. The molecular formula is C103H417B3F3. The largest absolute Gasteiger partial charge is 0.269 e. The third kappa shape index (κ3) is 15900000. The SMILES string of the molecule is C.C.C.C.C.C.C.C.C.C.C.C.C.C.C.C.C.C.C.C.C.C.C.C.C.C.C.C.C.C.C.C.C.C.C.C.C.C.C.C.C.C.C.C.C.C.C.C.C.C.C.C.C.C.C.C.C.C.C.C.C.C.C.C.C.C.C.C.C.C.C.C.C.C.C.C.C.C.C.C.C.C.C.C.C.C.C.C.C.C.C.C.C.C.C.C.C.C.C.C.C.C=C.F.FF.[2HH].[2H][2H].[B].[B][B].[HH].[HH]. The Labute approximate surface area is 804 Å². The Kier molecular flexibility index (Phi) is 13500000000. The fourth-order valence-electron chi connectivity index (χ4n) is 0. The summed E-state index contributed by atoms with van der Waals surface area (Å²) in [6, 6.07) is 0. The van der Waals surface area contributed by atoms with Gasteiger partial charge in [0.25, 0.3) is 0 Å². The molecule has 0 amide bonds. The average molecular weight is 1750 g/mol. The Morgan fingerprint density at radius 1 is 0.110 bits per heavy atom. The van der Waals surface area contributed by atoms with E-state index in [1.807, 2.05) is 0 Å². The smallest absolute Gasteiger partial charge is 0 e. The second-order valence-electron chi connectivity index (χ2n) is 0. The molecule has 6 heteroatoms. The van der Waals surface area contributed by atoms with Crippen molar-refractivity contribution in [3.8, 4) is 0 Å². The second-order valence-corrected chi connectivity index (χ2v) is 0. The van der Waals surface area contributed by atoms with Crippen LogP contribution in [0.3, 0.4) is 0 Å². The van der Waals surface area contributed by atoms with E-state index >= 15 is 0 Å². The Bertz CT molecular complexity index is 69.1. The molecule has 0 N–H and O–H groups in total. The minimum atomic E-state index is 0. The topological polar surface area (TPSA) is 0 Å². The maximum atomic E-state index is 8.00. The normalized spacial score (nSPS) is 0.202. The fraction of sp³-hybridized carbons (Fsp3) is 0.981. The van der Waals surface area contributed by atoms with Gasteiger partial charge in [-0.05, 0) is 0 Å². The van der Waals surface area contributed by atoms with E-state index in [-0.39, 0.29) is 767 Å². The summed E-state index contributed by atoms with van der Waals surface area (Å²) in [7, 11) is 8.00. The highest BCUT2D eigenvalue weighted by molar-refractivity contribution is 6.75. The lowest BCUT2D eigenvalue weighted by Crippen LogP contribution is -1.38. The molecule has 0 aliphatic heterocycles. The maximum Gasteiger partial charge on any atom is 0 e. The molecule has 0 saturated heterocycles. The lowest BCUT2D eigenvalue weighted by atomic mass is 9.81. The highest BCUT2D eigenvalue weighted by Gasteiger charge is 1.00. The first kappa shape index (κ1) is 90900. The Hall–Kier alpha value is -0.275. The Morgan fingerprint density at radius 3 is 0.110 bits per heavy atom. The molecule has 859 valence electrons. The van der Waals surface area contributed by atoms with Crippen LogP contribution in [-0.4, -0.2) is 23.9 Å². The van der Waals surface area contributed by atoms with Crippen molar-refractivity contribution >= 4 is 23.9 Å². The van der Waals surface area contributed by atoms with Gasteiger partial charge >= 0.3 is 0 Å². The summed E-state index contributed by atoms with van der Waals surface area (Å²) in [4.78, 5) is 0. The summed E-state index contributed by atoms with van der Waals surface area (Å²) in [6.07, 6.45) is 0. The predicted octanol–water partition coefficient (Wildman–Crippen LogP) is 65.9. The van der Waals surface area contributed by atoms with Gasteiger partial charge in [0.15, 0.2) is 0 Å². The van der Waals surface area contributed by atoms with Crippen LogP contribution in [0.1, 0.15) is 757 Å². The van der Waals surface area contributed by atoms with Crippen LogP contribution in [0, 0.1) is 0 Å². The van der Waals surface area contributed by atoms with E-state index in [4.69, 9.17) is 12.1 Å². The maximum absolute atomic E-state index is 8.00. The summed E-state index contributed by atoms with van der Waals surface area (Å²) in [5.74, 6) is 0. The molecule has 0 saturated carbocycles. The zero-order chi connectivity index (χ0) is 8.00. The molecule has 0 aromatic heterocycles. The van der Waals surface area contributed by atoms with E-state index in [1.54, 1.807) is 0 Å². The predicted molar refractivity (Wildman–Crippen MR) is 722 cm³/mol. The summed E-state index contributed by atoms with van der Waals surface area (Å²) in [5, 5.41) is 0. The quantitative estimate of drug-likeness (QED) is 0.168. The molecule has 0 aromatic carbocycles. The molecule has 0 atom stereocenters. The van der Waals surface area contributed by atoms with Crippen molar-refractivity contribution in [3.05, 3.63) is 13.2 Å². The van der Waals surface area contributed by atoms with Crippen molar-refractivity contribution in [2.45, 2.75) is 750 Å². The molecule has 0 rings (SSSR count). The Morgan fingerprint density at radius 2 is 0.110 bits per heavy atom. The average Bonchev–Trinajstić information content (AvgIpc) is 2.03. The molecule has 0 fully saturated rings. The number of hydrogen-bond donors (Lipinski definition) is 0. The number of rotatable bonds is 0. The highest BCUT2D eigenvalue weighted by atomic mass is 20.0. The van der Waals surface area contributed by atoms with Gasteiger partial charge in [0.05, 0.1) is 0 Å². The summed E-state index contributed by atoms with van der Waals surface area (Å²) in [6.45, 7) is 6.00. The third-order valence-electron chi connectivity index (χ3n) is 0. The monoisotopic (exact) mass is 1750 g/mol. The summed E-state index contributed by atoms with van der Waals surface area (Å²) < 4.78 is 26.0. The molecule has 0 spiro atoms. The van der Waals surface area contributed by atoms with Gasteiger partial charge < -0.3 is 0 Å². The van der Waals surface area contributed by atoms with Crippen molar-refractivity contribution < 1.29 is 21.1 Å². The summed E-state index contributed by atoms with van der Waals surface area (Å²) >= 11 is 0. The van der Waals surface area contributed by atoms with E-state index in [9.17, 15) is 0 Å². The first-order valence-corrected chi connectivity index (χ1v) is 0.976. The van der Waals surface area contributed by atoms with Crippen LogP contribution in [0.25, 0.3) is 0 Å². The van der Waals surface area contributed by atoms with Crippen LogP contribution < -0.4 is 0 Å². The first-order chi connectivity index (χ1) is 4.00. The van der Waals surface area contributed by atoms with E-state index in [0.29, 0.717) is 0 Å². The van der Waals surface area contributed by atoms with Crippen molar-refractivity contribution in [1.82, 2.24) is 0 Å². The number of halogens is 3. The van der Waals surface area contributed by atoms with Gasteiger partial charge in [-0.3, -0.25) is 4.70 Å². The first-order valence-electron chi connectivity index (χ1n) is 1.98. The van der Waals surface area contributed by atoms with E-state index in [1.165, 1.54) is 0 Å². The molecule has 7 radical (unpaired) electrons. The fourth-order valence-corrected chi connectivity index (χ4v) is 0. The van der Waals surface area contributed by atoms with Gasteiger partial charge in [-0.2, -0.15) is 0 Å². The molecule has 0 aliphatic rings. The lowest BCUT2D eigenvalue weighted by Gasteiger charge is -1.00. The lowest BCUT2D eigenvalue weighted by molar-refractivity contribution is 0.108. The van der Waals surface area contributed by atoms with Gasteiger partial charge in [0, 0.05) is 40.3 Å². The molecule has 0 unspecified atom stereocenters. The zero-order valence-electron chi connectivity index (χ0n) is 6.31. The Balaban J connectivity index is -0.0000000000132. The van der Waals surface area contributed by atoms with Gasteiger partial charge in [-0.25, -0.2) is 0 Å². The van der Waals surface area contributed by atoms with Crippen LogP contribution in [-0.2, 0) is 0 Å². The molecule has 0 bridgehead atoms. The van der Waals surface area contributed by atoms with Gasteiger partial charge in [-0.15, -0.1) is 13.2 Å². The van der Waals surface area contributed by atoms with Gasteiger partial charge in [0.1, 0.15) is 0 Å². The van der Waals surface area contributed by atoms with E-state index in [0.717, 1.165) is 0 Å². The van der Waals surface area contributed by atoms with Crippen molar-refractivity contribution in [2.75, 3.05) is 0 Å². The minimum Gasteiger partial charge on any atom is -0.269 e.